The normalized spacial score (nSPS) is 15.8. The summed E-state index contributed by atoms with van der Waals surface area (Å²) in [5.41, 5.74) is 4.92. The largest absolute Gasteiger partial charge is 0.357 e. The molecular weight excluding hydrogens is 434 g/mol. The molecule has 174 valence electrons. The highest BCUT2D eigenvalue weighted by Gasteiger charge is 2.43. The molecular formula is C29H27N5O. The summed E-state index contributed by atoms with van der Waals surface area (Å²) >= 11 is 0. The number of aliphatic imine (C=N–C) groups is 1. The Hall–Kier alpha value is -4.19. The Morgan fingerprint density at radius 3 is 2.26 bits per heavy atom. The van der Waals surface area contributed by atoms with Crippen molar-refractivity contribution in [2.75, 3.05) is 0 Å². The minimum Gasteiger partial charge on any atom is -0.357 e. The first-order valence-electron chi connectivity index (χ1n) is 12.0. The number of benzene rings is 3. The first kappa shape index (κ1) is 21.4. The van der Waals surface area contributed by atoms with E-state index >= 15 is 0 Å². The standard InChI is InChI=1S/C29H27N5O/c1-19-13-14-21(28(35)33-24-15-16-24)17-25(19)34-20(2)32-26-27(34)30-18-31-29(26,22-9-5-3-6-10-22)23-11-7-4-8-12-23/h3-14,17-18,24H,15-16H2,1-2H3,(H,30,31)(H,33,35). The quantitative estimate of drug-likeness (QED) is 0.442. The number of aryl methyl sites for hydroxylation is 2. The molecule has 1 saturated carbocycles. The second kappa shape index (κ2) is 8.24. The Morgan fingerprint density at radius 2 is 1.63 bits per heavy atom. The van der Waals surface area contributed by atoms with Crippen molar-refractivity contribution in [2.45, 2.75) is 38.3 Å². The highest BCUT2D eigenvalue weighted by Crippen LogP contribution is 2.44. The van der Waals surface area contributed by atoms with E-state index in [9.17, 15) is 4.79 Å². The van der Waals surface area contributed by atoms with Gasteiger partial charge < -0.3 is 10.6 Å². The molecule has 1 aliphatic carbocycles. The zero-order valence-electron chi connectivity index (χ0n) is 19.8. The van der Waals surface area contributed by atoms with E-state index in [0.717, 1.165) is 52.6 Å². The number of rotatable bonds is 5. The van der Waals surface area contributed by atoms with Gasteiger partial charge in [-0.3, -0.25) is 9.36 Å². The molecule has 2 N–H and O–H groups in total. The highest BCUT2D eigenvalue weighted by atomic mass is 16.1. The maximum atomic E-state index is 12.8. The van der Waals surface area contributed by atoms with Crippen molar-refractivity contribution in [3.8, 4) is 5.69 Å². The number of nitrogens with zero attached hydrogens (tertiary/aromatic N) is 3. The number of nitrogens with one attached hydrogen (secondary N) is 2. The Kier molecular flexibility index (Phi) is 5.02. The Morgan fingerprint density at radius 1 is 0.971 bits per heavy atom. The number of hydrogen-bond acceptors (Lipinski definition) is 4. The van der Waals surface area contributed by atoms with Crippen molar-refractivity contribution in [2.24, 2.45) is 4.99 Å². The summed E-state index contributed by atoms with van der Waals surface area (Å²) in [5.74, 6) is 1.54. The van der Waals surface area contributed by atoms with Crippen LogP contribution in [0.1, 0.15) is 51.4 Å². The number of aromatic nitrogens is 2. The Balaban J connectivity index is 1.55. The molecule has 35 heavy (non-hydrogen) atoms. The molecule has 1 fully saturated rings. The molecule has 6 nitrogen and oxygen atoms in total. The summed E-state index contributed by atoms with van der Waals surface area (Å²) < 4.78 is 2.07. The van der Waals surface area contributed by atoms with E-state index in [1.807, 2.05) is 61.5 Å². The third kappa shape index (κ3) is 3.53. The van der Waals surface area contributed by atoms with Crippen LogP contribution in [0.4, 0.5) is 5.82 Å². The minimum atomic E-state index is -0.690. The van der Waals surface area contributed by atoms with Crippen LogP contribution in [0.5, 0.6) is 0 Å². The van der Waals surface area contributed by atoms with E-state index in [2.05, 4.69) is 46.4 Å². The fourth-order valence-corrected chi connectivity index (χ4v) is 4.91. The van der Waals surface area contributed by atoms with Crippen molar-refractivity contribution in [1.82, 2.24) is 20.2 Å². The fourth-order valence-electron chi connectivity index (χ4n) is 4.91. The van der Waals surface area contributed by atoms with E-state index in [-0.39, 0.29) is 5.91 Å². The molecule has 0 spiro atoms. The molecule has 6 heteroatoms. The van der Waals surface area contributed by atoms with E-state index in [1.165, 1.54) is 0 Å². The second-order valence-electron chi connectivity index (χ2n) is 9.30. The van der Waals surface area contributed by atoms with Crippen LogP contribution in [-0.4, -0.2) is 27.8 Å². The molecule has 0 atom stereocenters. The van der Waals surface area contributed by atoms with Crippen LogP contribution in [0, 0.1) is 13.8 Å². The van der Waals surface area contributed by atoms with Crippen molar-refractivity contribution in [3.63, 3.8) is 0 Å². The van der Waals surface area contributed by atoms with E-state index in [0.29, 0.717) is 11.6 Å². The van der Waals surface area contributed by atoms with Crippen LogP contribution in [0.25, 0.3) is 5.69 Å². The monoisotopic (exact) mass is 461 g/mol. The third-order valence-electron chi connectivity index (χ3n) is 6.88. The van der Waals surface area contributed by atoms with E-state index in [1.54, 1.807) is 6.34 Å². The van der Waals surface area contributed by atoms with Gasteiger partial charge in [-0.2, -0.15) is 0 Å². The number of imidazole rings is 1. The lowest BCUT2D eigenvalue weighted by Gasteiger charge is -2.36. The molecule has 0 bridgehead atoms. The number of carbonyl (C=O) groups excluding carboxylic acids is 1. The number of amides is 1. The molecule has 1 amide bonds. The van der Waals surface area contributed by atoms with Gasteiger partial charge in [-0.05, 0) is 55.5 Å². The summed E-state index contributed by atoms with van der Waals surface area (Å²) in [6.07, 6.45) is 3.88. The molecule has 0 saturated heterocycles. The van der Waals surface area contributed by atoms with E-state index < -0.39 is 5.54 Å². The third-order valence-corrected chi connectivity index (χ3v) is 6.88. The Labute approximate surface area is 204 Å². The van der Waals surface area contributed by atoms with Crippen molar-refractivity contribution in [1.29, 1.82) is 0 Å². The zero-order valence-corrected chi connectivity index (χ0v) is 19.8. The van der Waals surface area contributed by atoms with Gasteiger partial charge in [0.2, 0.25) is 0 Å². The lowest BCUT2D eigenvalue weighted by molar-refractivity contribution is 0.0951. The molecule has 1 aliphatic heterocycles. The lowest BCUT2D eigenvalue weighted by Crippen LogP contribution is -2.46. The minimum absolute atomic E-state index is 0.0338. The molecule has 6 rings (SSSR count). The molecule has 1 aromatic heterocycles. The van der Waals surface area contributed by atoms with Gasteiger partial charge in [0.15, 0.2) is 5.82 Å². The number of fused-ring (bicyclic) bond motifs is 1. The van der Waals surface area contributed by atoms with Crippen LogP contribution < -0.4 is 10.6 Å². The molecule has 2 aliphatic rings. The SMILES string of the molecule is Cc1ccc(C(=O)NC2CC2)cc1-n1c(C)nc2c1N=CNC2(c1ccccc1)c1ccccc1. The van der Waals surface area contributed by atoms with Gasteiger partial charge >= 0.3 is 0 Å². The summed E-state index contributed by atoms with van der Waals surface area (Å²) in [6, 6.07) is 26.8. The van der Waals surface area contributed by atoms with Gasteiger partial charge in [0.25, 0.3) is 5.91 Å². The molecule has 0 unspecified atom stereocenters. The fraction of sp³-hybridized carbons (Fsp3) is 0.207. The lowest BCUT2D eigenvalue weighted by atomic mass is 9.79. The molecule has 2 heterocycles. The zero-order chi connectivity index (χ0) is 24.0. The predicted octanol–water partition coefficient (Wildman–Crippen LogP) is 4.94. The molecule has 0 radical (unpaired) electrons. The summed E-state index contributed by atoms with van der Waals surface area (Å²) in [4.78, 5) is 22.7. The van der Waals surface area contributed by atoms with Crippen molar-refractivity contribution >= 4 is 18.1 Å². The predicted molar refractivity (Wildman–Crippen MR) is 138 cm³/mol. The maximum absolute atomic E-state index is 12.8. The van der Waals surface area contributed by atoms with Crippen molar-refractivity contribution < 1.29 is 4.79 Å². The summed E-state index contributed by atoms with van der Waals surface area (Å²) in [6.45, 7) is 4.04. The summed E-state index contributed by atoms with van der Waals surface area (Å²) in [7, 11) is 0. The van der Waals surface area contributed by atoms with E-state index in [4.69, 9.17) is 9.98 Å². The van der Waals surface area contributed by atoms with Crippen LogP contribution in [-0.2, 0) is 5.54 Å². The second-order valence-corrected chi connectivity index (χ2v) is 9.30. The molecule has 3 aromatic carbocycles. The first-order chi connectivity index (χ1) is 17.1. The Bertz CT molecular complexity index is 1400. The topological polar surface area (TPSA) is 71.3 Å². The maximum Gasteiger partial charge on any atom is 0.251 e. The average Bonchev–Trinajstić information content (AvgIpc) is 3.64. The van der Waals surface area contributed by atoms with Crippen LogP contribution in [0.15, 0.2) is 83.9 Å². The smallest absolute Gasteiger partial charge is 0.251 e. The molecule has 4 aromatic rings. The van der Waals surface area contributed by atoms with Crippen LogP contribution in [0.2, 0.25) is 0 Å². The number of hydrogen-bond donors (Lipinski definition) is 2. The van der Waals surface area contributed by atoms with Gasteiger partial charge in [-0.25, -0.2) is 9.98 Å². The highest BCUT2D eigenvalue weighted by molar-refractivity contribution is 5.95. The van der Waals surface area contributed by atoms with Crippen molar-refractivity contribution in [3.05, 3.63) is 113 Å². The van der Waals surface area contributed by atoms with Gasteiger partial charge in [0, 0.05) is 11.6 Å². The number of carbonyl (C=O) groups is 1. The van der Waals surface area contributed by atoms with Gasteiger partial charge in [-0.15, -0.1) is 0 Å². The first-order valence-corrected chi connectivity index (χ1v) is 12.0. The average molecular weight is 462 g/mol. The summed E-state index contributed by atoms with van der Waals surface area (Å²) in [5, 5.41) is 6.65. The van der Waals surface area contributed by atoms with Gasteiger partial charge in [0.05, 0.1) is 12.0 Å². The van der Waals surface area contributed by atoms with Gasteiger partial charge in [-0.1, -0.05) is 66.7 Å². The van der Waals surface area contributed by atoms with Crippen LogP contribution in [0.3, 0.4) is 0 Å². The van der Waals surface area contributed by atoms with Gasteiger partial charge in [0.1, 0.15) is 17.1 Å². The van der Waals surface area contributed by atoms with Crippen LogP contribution >= 0.6 is 0 Å².